The Bertz CT molecular complexity index is 387. The summed E-state index contributed by atoms with van der Waals surface area (Å²) in [5, 5.41) is 8.85. The van der Waals surface area contributed by atoms with Crippen LogP contribution in [0.25, 0.3) is 0 Å². The number of aromatic nitrogens is 2. The van der Waals surface area contributed by atoms with Crippen LogP contribution in [-0.2, 0) is 0 Å². The second kappa shape index (κ2) is 4.57. The van der Waals surface area contributed by atoms with Crippen molar-refractivity contribution in [2.45, 2.75) is 18.8 Å². The number of hydrogen-bond donors (Lipinski definition) is 1. The van der Waals surface area contributed by atoms with Crippen LogP contribution in [0.3, 0.4) is 0 Å². The first-order chi connectivity index (χ1) is 7.66. The number of piperidine rings is 1. The van der Waals surface area contributed by atoms with E-state index in [4.69, 9.17) is 5.11 Å². The lowest BCUT2D eigenvalue weighted by Crippen LogP contribution is -2.29. The number of likely N-dealkylation sites (tertiary alicyclic amines) is 1. The molecule has 16 heavy (non-hydrogen) atoms. The Hall–Kier alpha value is -1.49. The lowest BCUT2D eigenvalue weighted by atomic mass is 9.93. The van der Waals surface area contributed by atoms with E-state index in [0.717, 1.165) is 31.6 Å². The molecular formula is C11H15N3O2. The Morgan fingerprint density at radius 3 is 2.75 bits per heavy atom. The van der Waals surface area contributed by atoms with Gasteiger partial charge in [0.2, 0.25) is 0 Å². The molecule has 1 aliphatic heterocycles. The maximum atomic E-state index is 10.8. The van der Waals surface area contributed by atoms with Crippen LogP contribution in [0, 0.1) is 0 Å². The first kappa shape index (κ1) is 11.0. The minimum absolute atomic E-state index is 0.0870. The molecule has 0 unspecified atom stereocenters. The van der Waals surface area contributed by atoms with Gasteiger partial charge in [-0.2, -0.15) is 0 Å². The fourth-order valence-electron chi connectivity index (χ4n) is 2.02. The molecule has 5 heteroatoms. The van der Waals surface area contributed by atoms with E-state index in [2.05, 4.69) is 21.9 Å². The van der Waals surface area contributed by atoms with Gasteiger partial charge in [-0.25, -0.2) is 14.8 Å². The minimum Gasteiger partial charge on any atom is -0.477 e. The van der Waals surface area contributed by atoms with Crippen LogP contribution in [0.5, 0.6) is 0 Å². The number of nitrogens with zero attached hydrogens (tertiary/aromatic N) is 3. The molecular weight excluding hydrogens is 206 g/mol. The topological polar surface area (TPSA) is 66.3 Å². The second-order valence-electron chi connectivity index (χ2n) is 4.21. The number of carboxylic acid groups (broad SMARTS) is 1. The molecule has 2 rings (SSSR count). The van der Waals surface area contributed by atoms with Crippen molar-refractivity contribution in [3.63, 3.8) is 0 Å². The SMILES string of the molecule is CN1CCC(c2cc(C(=O)O)ncn2)CC1. The zero-order valence-electron chi connectivity index (χ0n) is 9.26. The summed E-state index contributed by atoms with van der Waals surface area (Å²) in [7, 11) is 2.10. The smallest absolute Gasteiger partial charge is 0.354 e. The molecule has 0 atom stereocenters. The molecule has 86 valence electrons. The number of hydrogen-bond acceptors (Lipinski definition) is 4. The average molecular weight is 221 g/mol. The first-order valence-corrected chi connectivity index (χ1v) is 5.40. The van der Waals surface area contributed by atoms with E-state index in [-0.39, 0.29) is 5.69 Å². The summed E-state index contributed by atoms with van der Waals surface area (Å²) in [6.07, 6.45) is 3.41. The Balaban J connectivity index is 2.14. The molecule has 2 heterocycles. The van der Waals surface area contributed by atoms with E-state index < -0.39 is 5.97 Å². The summed E-state index contributed by atoms with van der Waals surface area (Å²) in [5.41, 5.74) is 0.949. The van der Waals surface area contributed by atoms with Gasteiger partial charge in [-0.1, -0.05) is 0 Å². The van der Waals surface area contributed by atoms with E-state index >= 15 is 0 Å². The molecule has 0 saturated carbocycles. The average Bonchev–Trinajstić information content (AvgIpc) is 2.30. The predicted octanol–water partition coefficient (Wildman–Crippen LogP) is 0.984. The van der Waals surface area contributed by atoms with Crippen LogP contribution in [0.2, 0.25) is 0 Å². The molecule has 0 bridgehead atoms. The van der Waals surface area contributed by atoms with Gasteiger partial charge in [0.05, 0.1) is 0 Å². The van der Waals surface area contributed by atoms with Crippen LogP contribution < -0.4 is 0 Å². The van der Waals surface area contributed by atoms with E-state index in [1.165, 1.54) is 6.33 Å². The van der Waals surface area contributed by atoms with Crippen molar-refractivity contribution in [1.29, 1.82) is 0 Å². The van der Waals surface area contributed by atoms with Crippen molar-refractivity contribution in [2.24, 2.45) is 0 Å². The summed E-state index contributed by atoms with van der Waals surface area (Å²) in [6.45, 7) is 2.08. The molecule has 0 spiro atoms. The molecule has 0 amide bonds. The molecule has 1 fully saturated rings. The van der Waals surface area contributed by atoms with E-state index in [0.29, 0.717) is 5.92 Å². The van der Waals surface area contributed by atoms with Gasteiger partial charge < -0.3 is 10.0 Å². The zero-order chi connectivity index (χ0) is 11.5. The fourth-order valence-corrected chi connectivity index (χ4v) is 2.02. The van der Waals surface area contributed by atoms with Crippen molar-refractivity contribution in [2.75, 3.05) is 20.1 Å². The fraction of sp³-hybridized carbons (Fsp3) is 0.545. The van der Waals surface area contributed by atoms with Crippen molar-refractivity contribution in [3.8, 4) is 0 Å². The molecule has 1 aliphatic rings. The summed E-state index contributed by atoms with van der Waals surface area (Å²) in [6, 6.07) is 1.60. The van der Waals surface area contributed by atoms with Crippen molar-refractivity contribution < 1.29 is 9.90 Å². The minimum atomic E-state index is -0.989. The van der Waals surface area contributed by atoms with Crippen molar-refractivity contribution >= 4 is 5.97 Å². The number of aromatic carboxylic acids is 1. The Morgan fingerprint density at radius 1 is 1.44 bits per heavy atom. The van der Waals surface area contributed by atoms with Crippen LogP contribution in [0.4, 0.5) is 0 Å². The number of carbonyl (C=O) groups is 1. The highest BCUT2D eigenvalue weighted by Crippen LogP contribution is 2.25. The molecule has 0 aliphatic carbocycles. The second-order valence-corrected chi connectivity index (χ2v) is 4.21. The highest BCUT2D eigenvalue weighted by atomic mass is 16.4. The lowest BCUT2D eigenvalue weighted by Gasteiger charge is -2.28. The molecule has 1 aromatic rings. The Labute approximate surface area is 94.1 Å². The van der Waals surface area contributed by atoms with Gasteiger partial charge in [-0.15, -0.1) is 0 Å². The van der Waals surface area contributed by atoms with Gasteiger partial charge in [0.1, 0.15) is 6.33 Å². The quantitative estimate of drug-likeness (QED) is 0.806. The van der Waals surface area contributed by atoms with Gasteiger partial charge in [0, 0.05) is 11.6 Å². The van der Waals surface area contributed by atoms with Gasteiger partial charge >= 0.3 is 5.97 Å². The van der Waals surface area contributed by atoms with Gasteiger partial charge in [0.15, 0.2) is 5.69 Å². The van der Waals surface area contributed by atoms with Gasteiger partial charge in [-0.3, -0.25) is 0 Å². The maximum Gasteiger partial charge on any atom is 0.354 e. The van der Waals surface area contributed by atoms with E-state index in [1.54, 1.807) is 6.07 Å². The predicted molar refractivity (Wildman–Crippen MR) is 58.5 cm³/mol. The molecule has 5 nitrogen and oxygen atoms in total. The molecule has 0 radical (unpaired) electrons. The van der Waals surface area contributed by atoms with E-state index in [1.807, 2.05) is 0 Å². The third-order valence-electron chi connectivity index (χ3n) is 3.04. The molecule has 1 aromatic heterocycles. The van der Waals surface area contributed by atoms with Gasteiger partial charge in [-0.05, 0) is 39.0 Å². The van der Waals surface area contributed by atoms with Crippen molar-refractivity contribution in [1.82, 2.24) is 14.9 Å². The van der Waals surface area contributed by atoms with Crippen LogP contribution in [-0.4, -0.2) is 46.1 Å². The third-order valence-corrected chi connectivity index (χ3v) is 3.04. The highest BCUT2D eigenvalue weighted by molar-refractivity contribution is 5.85. The summed E-state index contributed by atoms with van der Waals surface area (Å²) in [5.74, 6) is -0.617. The lowest BCUT2D eigenvalue weighted by molar-refractivity contribution is 0.0690. The summed E-state index contributed by atoms with van der Waals surface area (Å²) >= 11 is 0. The van der Waals surface area contributed by atoms with Gasteiger partial charge in [0.25, 0.3) is 0 Å². The molecule has 0 aromatic carbocycles. The molecule has 1 saturated heterocycles. The summed E-state index contributed by atoms with van der Waals surface area (Å²) in [4.78, 5) is 21.0. The third kappa shape index (κ3) is 2.36. The Morgan fingerprint density at radius 2 is 2.12 bits per heavy atom. The molecule has 1 N–H and O–H groups in total. The number of rotatable bonds is 2. The normalized spacial score (nSPS) is 18.6. The first-order valence-electron chi connectivity index (χ1n) is 5.40. The van der Waals surface area contributed by atoms with Crippen LogP contribution >= 0.6 is 0 Å². The largest absolute Gasteiger partial charge is 0.477 e. The zero-order valence-corrected chi connectivity index (χ0v) is 9.26. The van der Waals surface area contributed by atoms with Crippen molar-refractivity contribution in [3.05, 3.63) is 23.8 Å². The van der Waals surface area contributed by atoms with E-state index in [9.17, 15) is 4.79 Å². The Kier molecular flexibility index (Phi) is 3.14. The van der Waals surface area contributed by atoms with Crippen LogP contribution in [0.1, 0.15) is 34.9 Å². The van der Waals surface area contributed by atoms with Crippen LogP contribution in [0.15, 0.2) is 12.4 Å². The highest BCUT2D eigenvalue weighted by Gasteiger charge is 2.20. The maximum absolute atomic E-state index is 10.8. The monoisotopic (exact) mass is 221 g/mol. The summed E-state index contributed by atoms with van der Waals surface area (Å²) < 4.78 is 0. The number of carboxylic acids is 1. The standard InChI is InChI=1S/C11H15N3O2/c1-14-4-2-8(3-5-14)9-6-10(11(15)16)13-7-12-9/h6-8H,2-5H2,1H3,(H,15,16).